The Hall–Kier alpha value is -0.860. The minimum Gasteiger partial charge on any atom is -0.365 e. The zero-order valence-corrected chi connectivity index (χ0v) is 10.3. The molecule has 0 aromatic heterocycles. The Bertz CT molecular complexity index is 333. The predicted molar refractivity (Wildman–Crippen MR) is 67.5 cm³/mol. The fourth-order valence-electron chi connectivity index (χ4n) is 2.65. The van der Waals surface area contributed by atoms with Crippen molar-refractivity contribution < 1.29 is 4.74 Å². The highest BCUT2D eigenvalue weighted by atomic mass is 16.5. The van der Waals surface area contributed by atoms with Crippen molar-refractivity contribution in [3.05, 3.63) is 36.0 Å². The molecule has 0 bridgehead atoms. The first kappa shape index (κ1) is 11.6. The van der Waals surface area contributed by atoms with Crippen molar-refractivity contribution in [1.82, 2.24) is 4.90 Å². The Balaban J connectivity index is 2.28. The van der Waals surface area contributed by atoms with Crippen LogP contribution in [-0.2, 0) is 4.74 Å². The molecule has 2 aliphatic heterocycles. The lowest BCUT2D eigenvalue weighted by atomic mass is 9.83. The molecule has 2 heterocycles. The van der Waals surface area contributed by atoms with E-state index in [-0.39, 0.29) is 5.60 Å². The third-order valence-corrected chi connectivity index (χ3v) is 3.72. The van der Waals surface area contributed by atoms with E-state index in [0.717, 1.165) is 32.5 Å². The van der Waals surface area contributed by atoms with E-state index >= 15 is 0 Å². The molecule has 0 aromatic rings. The largest absolute Gasteiger partial charge is 0.365 e. The van der Waals surface area contributed by atoms with Crippen molar-refractivity contribution in [2.24, 2.45) is 0 Å². The molecule has 0 aliphatic carbocycles. The maximum atomic E-state index is 6.08. The highest BCUT2D eigenvalue weighted by Gasteiger charge is 2.41. The minimum atomic E-state index is -0.0253. The van der Waals surface area contributed by atoms with Crippen molar-refractivity contribution in [3.8, 4) is 0 Å². The quantitative estimate of drug-likeness (QED) is 0.707. The maximum Gasteiger partial charge on any atom is 0.0963 e. The Kier molecular flexibility index (Phi) is 3.31. The van der Waals surface area contributed by atoms with Crippen LogP contribution >= 0.6 is 0 Å². The molecule has 0 N–H and O–H groups in total. The fourth-order valence-corrected chi connectivity index (χ4v) is 2.65. The van der Waals surface area contributed by atoms with Crippen LogP contribution in [-0.4, -0.2) is 37.2 Å². The van der Waals surface area contributed by atoms with Crippen LogP contribution in [0, 0.1) is 0 Å². The monoisotopic (exact) mass is 219 g/mol. The lowest BCUT2D eigenvalue weighted by molar-refractivity contribution is -0.0241. The van der Waals surface area contributed by atoms with E-state index in [1.807, 2.05) is 6.08 Å². The van der Waals surface area contributed by atoms with Gasteiger partial charge in [0, 0.05) is 13.1 Å². The molecule has 16 heavy (non-hydrogen) atoms. The molecule has 2 aliphatic rings. The lowest BCUT2D eigenvalue weighted by Gasteiger charge is -2.38. The molecule has 0 saturated carbocycles. The summed E-state index contributed by atoms with van der Waals surface area (Å²) in [5.41, 5.74) is 2.60. The average Bonchev–Trinajstić information content (AvgIpc) is 2.63. The van der Waals surface area contributed by atoms with E-state index in [1.165, 1.54) is 11.1 Å². The molecule has 0 radical (unpaired) electrons. The number of hydrogen-bond acceptors (Lipinski definition) is 2. The van der Waals surface area contributed by atoms with E-state index in [0.29, 0.717) is 0 Å². The third-order valence-electron chi connectivity index (χ3n) is 3.72. The molecule has 2 heteroatoms. The minimum absolute atomic E-state index is 0.0253. The molecule has 88 valence electrons. The van der Waals surface area contributed by atoms with Crippen LogP contribution in [0.2, 0.25) is 0 Å². The molecular weight excluding hydrogens is 198 g/mol. The van der Waals surface area contributed by atoms with Crippen LogP contribution in [0.5, 0.6) is 0 Å². The smallest absolute Gasteiger partial charge is 0.0963 e. The first-order valence-corrected chi connectivity index (χ1v) is 6.03. The van der Waals surface area contributed by atoms with Crippen LogP contribution in [0.15, 0.2) is 36.0 Å². The van der Waals surface area contributed by atoms with E-state index < -0.39 is 0 Å². The van der Waals surface area contributed by atoms with Gasteiger partial charge in [0.25, 0.3) is 0 Å². The molecule has 2 rings (SSSR count). The van der Waals surface area contributed by atoms with Gasteiger partial charge in [-0.05, 0) is 38.0 Å². The second kappa shape index (κ2) is 4.56. The summed E-state index contributed by atoms with van der Waals surface area (Å²) in [4.78, 5) is 2.37. The lowest BCUT2D eigenvalue weighted by Crippen LogP contribution is -2.43. The van der Waals surface area contributed by atoms with Gasteiger partial charge in [0.1, 0.15) is 0 Å². The number of likely N-dealkylation sites (tertiary alicyclic amines) is 1. The number of piperidine rings is 1. The SMILES string of the molecule is C=CC1=C(/C=C\C)C2(CCN(C)CC2)OC1. The average molecular weight is 219 g/mol. The summed E-state index contributed by atoms with van der Waals surface area (Å²) in [6, 6.07) is 0. The highest BCUT2D eigenvalue weighted by molar-refractivity contribution is 5.43. The van der Waals surface area contributed by atoms with Crippen molar-refractivity contribution in [3.63, 3.8) is 0 Å². The predicted octanol–water partition coefficient (Wildman–Crippen LogP) is 2.54. The topological polar surface area (TPSA) is 12.5 Å². The summed E-state index contributed by atoms with van der Waals surface area (Å²) in [5, 5.41) is 0. The number of ether oxygens (including phenoxy) is 1. The molecular formula is C14H21NO. The summed E-state index contributed by atoms with van der Waals surface area (Å²) < 4.78 is 6.08. The Morgan fingerprint density at radius 1 is 1.38 bits per heavy atom. The Morgan fingerprint density at radius 3 is 2.62 bits per heavy atom. The van der Waals surface area contributed by atoms with Gasteiger partial charge in [0.05, 0.1) is 12.2 Å². The van der Waals surface area contributed by atoms with Crippen LogP contribution in [0.25, 0.3) is 0 Å². The van der Waals surface area contributed by atoms with Gasteiger partial charge in [0.2, 0.25) is 0 Å². The normalized spacial score (nSPS) is 25.9. The molecule has 1 spiro atoms. The van der Waals surface area contributed by atoms with Crippen LogP contribution in [0.3, 0.4) is 0 Å². The van der Waals surface area contributed by atoms with Gasteiger partial charge < -0.3 is 9.64 Å². The van der Waals surface area contributed by atoms with Crippen molar-refractivity contribution in [2.75, 3.05) is 26.7 Å². The molecule has 1 fully saturated rings. The maximum absolute atomic E-state index is 6.08. The molecule has 0 unspecified atom stereocenters. The molecule has 0 atom stereocenters. The van der Waals surface area contributed by atoms with E-state index in [4.69, 9.17) is 4.74 Å². The van der Waals surface area contributed by atoms with Crippen molar-refractivity contribution in [1.29, 1.82) is 0 Å². The van der Waals surface area contributed by atoms with E-state index in [1.54, 1.807) is 0 Å². The summed E-state index contributed by atoms with van der Waals surface area (Å²) in [5.74, 6) is 0. The second-order valence-electron chi connectivity index (χ2n) is 4.73. The number of nitrogens with zero attached hydrogens (tertiary/aromatic N) is 1. The molecule has 1 saturated heterocycles. The van der Waals surface area contributed by atoms with Gasteiger partial charge in [-0.25, -0.2) is 0 Å². The molecule has 2 nitrogen and oxygen atoms in total. The van der Waals surface area contributed by atoms with Crippen LogP contribution in [0.1, 0.15) is 19.8 Å². The third kappa shape index (κ3) is 1.87. The van der Waals surface area contributed by atoms with E-state index in [9.17, 15) is 0 Å². The van der Waals surface area contributed by atoms with Crippen molar-refractivity contribution >= 4 is 0 Å². The number of hydrogen-bond donors (Lipinski definition) is 0. The van der Waals surface area contributed by atoms with Gasteiger partial charge >= 0.3 is 0 Å². The van der Waals surface area contributed by atoms with Gasteiger partial charge in [-0.3, -0.25) is 0 Å². The van der Waals surface area contributed by atoms with Crippen molar-refractivity contribution in [2.45, 2.75) is 25.4 Å². The zero-order chi connectivity index (χ0) is 11.6. The van der Waals surface area contributed by atoms with Gasteiger partial charge in [-0.15, -0.1) is 0 Å². The number of allylic oxidation sites excluding steroid dienone is 1. The second-order valence-corrected chi connectivity index (χ2v) is 4.73. The fraction of sp³-hybridized carbons (Fsp3) is 0.571. The standard InChI is InChI=1S/C14H21NO/c1-4-6-13-12(5-2)11-16-14(13)7-9-15(3)10-8-14/h4-6H,2,7-11H2,1,3H3/b6-4-. The van der Waals surface area contributed by atoms with Gasteiger partial charge in [0.15, 0.2) is 0 Å². The Labute approximate surface area is 98.3 Å². The van der Waals surface area contributed by atoms with Crippen LogP contribution in [0.4, 0.5) is 0 Å². The van der Waals surface area contributed by atoms with Gasteiger partial charge in [-0.1, -0.05) is 24.8 Å². The van der Waals surface area contributed by atoms with E-state index in [2.05, 4.69) is 37.6 Å². The first-order valence-electron chi connectivity index (χ1n) is 6.03. The first-order chi connectivity index (χ1) is 7.72. The zero-order valence-electron chi connectivity index (χ0n) is 10.3. The summed E-state index contributed by atoms with van der Waals surface area (Å²) in [6.07, 6.45) is 8.45. The summed E-state index contributed by atoms with van der Waals surface area (Å²) in [6.45, 7) is 8.91. The number of rotatable bonds is 2. The molecule has 0 aromatic carbocycles. The summed E-state index contributed by atoms with van der Waals surface area (Å²) >= 11 is 0. The highest BCUT2D eigenvalue weighted by Crippen LogP contribution is 2.40. The Morgan fingerprint density at radius 2 is 2.06 bits per heavy atom. The summed E-state index contributed by atoms with van der Waals surface area (Å²) in [7, 11) is 2.18. The molecule has 0 amide bonds. The van der Waals surface area contributed by atoms with Gasteiger partial charge in [-0.2, -0.15) is 0 Å². The van der Waals surface area contributed by atoms with Crippen LogP contribution < -0.4 is 0 Å².